The third kappa shape index (κ3) is 0.894. The van der Waals surface area contributed by atoms with E-state index < -0.39 is 0 Å². The van der Waals surface area contributed by atoms with Crippen LogP contribution in [0.4, 0.5) is 0 Å². The molecule has 0 saturated heterocycles. The smallest absolute Gasteiger partial charge is 0.167 e. The van der Waals surface area contributed by atoms with Gasteiger partial charge in [0, 0.05) is 0 Å². The first-order valence-corrected chi connectivity index (χ1v) is 2.98. The van der Waals surface area contributed by atoms with Crippen molar-refractivity contribution in [3.05, 3.63) is 0 Å². The molecular formula is C2H5N4S+. The maximum atomic E-state index is 3.64. The fourth-order valence-corrected chi connectivity index (χ4v) is 0.530. The Morgan fingerprint density at radius 2 is 2.71 bits per heavy atom. The molecule has 2 N–H and O–H groups in total. The molecule has 0 unspecified atom stereocenters. The van der Waals surface area contributed by atoms with Crippen LogP contribution in [0.1, 0.15) is 0 Å². The Hall–Kier alpha value is -0.580. The lowest BCUT2D eigenvalue weighted by atomic mass is 11.4. The highest BCUT2D eigenvalue weighted by molar-refractivity contribution is 7.98. The molecule has 0 radical (unpaired) electrons. The molecule has 1 aromatic heterocycles. The van der Waals surface area contributed by atoms with Gasteiger partial charge < -0.3 is 0 Å². The summed E-state index contributed by atoms with van der Waals surface area (Å²) in [5.74, 6) is 0. The largest absolute Gasteiger partial charge is 0.357 e. The van der Waals surface area contributed by atoms with Gasteiger partial charge in [-0.2, -0.15) is 5.10 Å². The van der Waals surface area contributed by atoms with E-state index in [1.54, 1.807) is 0 Å². The van der Waals surface area contributed by atoms with Gasteiger partial charge in [0.15, 0.2) is 5.21 Å². The molecule has 0 atom stereocenters. The van der Waals surface area contributed by atoms with Gasteiger partial charge >= 0.3 is 5.16 Å². The number of rotatable bonds is 1. The van der Waals surface area contributed by atoms with Crippen molar-refractivity contribution in [3.63, 3.8) is 0 Å². The highest BCUT2D eigenvalue weighted by Gasteiger charge is 1.98. The van der Waals surface area contributed by atoms with Crippen LogP contribution in [0.25, 0.3) is 0 Å². The minimum atomic E-state index is 0.806. The minimum absolute atomic E-state index is 0.806. The summed E-state index contributed by atoms with van der Waals surface area (Å²) in [6.07, 6.45) is 1.92. The standard InChI is InChI=1S/C2H4N4S/c1-7-2-3-5-6-4-2/h1H3,(H,3,4,5,6)/p+1. The van der Waals surface area contributed by atoms with Gasteiger partial charge in [-0.15, -0.1) is 0 Å². The summed E-state index contributed by atoms with van der Waals surface area (Å²) in [6, 6.07) is 0. The molecule has 0 fully saturated rings. The molecule has 1 aromatic rings. The second kappa shape index (κ2) is 1.92. The fourth-order valence-electron chi connectivity index (χ4n) is 0.260. The first-order chi connectivity index (χ1) is 3.43. The molecule has 0 aliphatic rings. The second-order valence-electron chi connectivity index (χ2n) is 0.946. The average Bonchev–Trinajstić information content (AvgIpc) is 2.14. The maximum absolute atomic E-state index is 3.64. The second-order valence-corrected chi connectivity index (χ2v) is 1.74. The van der Waals surface area contributed by atoms with Gasteiger partial charge in [0.2, 0.25) is 0 Å². The first-order valence-electron chi connectivity index (χ1n) is 1.76. The third-order valence-electron chi connectivity index (χ3n) is 0.547. The van der Waals surface area contributed by atoms with E-state index >= 15 is 0 Å². The van der Waals surface area contributed by atoms with Crippen LogP contribution in [0.15, 0.2) is 5.16 Å². The summed E-state index contributed by atoms with van der Waals surface area (Å²) in [4.78, 5) is 0. The summed E-state index contributed by atoms with van der Waals surface area (Å²) >= 11 is 1.52. The van der Waals surface area contributed by atoms with Crippen LogP contribution in [0.3, 0.4) is 0 Å². The van der Waals surface area contributed by atoms with Crippen LogP contribution in [-0.4, -0.2) is 21.8 Å². The Bertz CT molecular complexity index is 124. The van der Waals surface area contributed by atoms with Crippen LogP contribution in [0.2, 0.25) is 0 Å². The highest BCUT2D eigenvalue weighted by Crippen LogP contribution is 1.97. The van der Waals surface area contributed by atoms with Gasteiger partial charge in [-0.25, -0.2) is 0 Å². The van der Waals surface area contributed by atoms with E-state index in [4.69, 9.17) is 0 Å². The molecule has 0 spiro atoms. The van der Waals surface area contributed by atoms with Crippen molar-refractivity contribution < 1.29 is 5.10 Å². The highest BCUT2D eigenvalue weighted by atomic mass is 32.2. The van der Waals surface area contributed by atoms with Crippen LogP contribution in [-0.2, 0) is 0 Å². The van der Waals surface area contributed by atoms with Crippen LogP contribution in [0, 0.1) is 0 Å². The van der Waals surface area contributed by atoms with E-state index in [1.807, 2.05) is 6.26 Å². The van der Waals surface area contributed by atoms with Crippen molar-refractivity contribution in [3.8, 4) is 0 Å². The Morgan fingerprint density at radius 1 is 1.86 bits per heavy atom. The predicted molar refractivity (Wildman–Crippen MR) is 24.7 cm³/mol. The normalized spacial score (nSPS) is 9.29. The van der Waals surface area contributed by atoms with Crippen LogP contribution < -0.4 is 5.10 Å². The number of nitrogens with zero attached hydrogens (tertiary/aromatic N) is 2. The predicted octanol–water partition coefficient (Wildman–Crippen LogP) is -0.659. The molecule has 4 nitrogen and oxygen atoms in total. The van der Waals surface area contributed by atoms with Crippen LogP contribution in [0.5, 0.6) is 0 Å². The number of aromatic nitrogens is 4. The summed E-state index contributed by atoms with van der Waals surface area (Å²) in [6.45, 7) is 0. The number of thioether (sulfide) groups is 1. The zero-order valence-electron chi connectivity index (χ0n) is 3.80. The Labute approximate surface area is 44.7 Å². The zero-order chi connectivity index (χ0) is 5.11. The minimum Gasteiger partial charge on any atom is -0.167 e. The first kappa shape index (κ1) is 4.58. The number of aromatic amines is 2. The van der Waals surface area contributed by atoms with E-state index in [-0.39, 0.29) is 0 Å². The van der Waals surface area contributed by atoms with E-state index in [1.165, 1.54) is 11.8 Å². The molecule has 38 valence electrons. The quantitative estimate of drug-likeness (QED) is 0.497. The lowest BCUT2D eigenvalue weighted by Gasteiger charge is -1.65. The van der Waals surface area contributed by atoms with Crippen molar-refractivity contribution in [1.29, 1.82) is 0 Å². The van der Waals surface area contributed by atoms with Gasteiger partial charge in [0.05, 0.1) is 0 Å². The van der Waals surface area contributed by atoms with Crippen molar-refractivity contribution in [2.24, 2.45) is 0 Å². The molecule has 0 bridgehead atoms. The van der Waals surface area contributed by atoms with Crippen molar-refractivity contribution in [1.82, 2.24) is 15.5 Å². The molecule has 1 rings (SSSR count). The lowest BCUT2D eigenvalue weighted by Crippen LogP contribution is -2.03. The summed E-state index contributed by atoms with van der Waals surface area (Å²) in [7, 11) is 0. The van der Waals surface area contributed by atoms with E-state index in [0.717, 1.165) is 5.16 Å². The van der Waals surface area contributed by atoms with Crippen molar-refractivity contribution in [2.75, 3.05) is 6.26 Å². The Kier molecular flexibility index (Phi) is 1.26. The summed E-state index contributed by atoms with van der Waals surface area (Å²) in [5, 5.41) is 13.1. The maximum Gasteiger partial charge on any atom is 0.357 e. The molecule has 0 saturated carbocycles. The molecule has 0 aliphatic carbocycles. The molecule has 7 heavy (non-hydrogen) atoms. The van der Waals surface area contributed by atoms with Crippen molar-refractivity contribution in [2.45, 2.75) is 5.16 Å². The summed E-state index contributed by atoms with van der Waals surface area (Å²) < 4.78 is 0. The van der Waals surface area contributed by atoms with E-state index in [2.05, 4.69) is 20.6 Å². The average molecular weight is 117 g/mol. The molecular weight excluding hydrogens is 112 g/mol. The lowest BCUT2D eigenvalue weighted by molar-refractivity contribution is -0.499. The van der Waals surface area contributed by atoms with E-state index in [9.17, 15) is 0 Å². The fraction of sp³-hybridized carbons (Fsp3) is 0.500. The van der Waals surface area contributed by atoms with Crippen LogP contribution >= 0.6 is 11.8 Å². The zero-order valence-corrected chi connectivity index (χ0v) is 4.62. The number of H-pyrrole nitrogens is 2. The topological polar surface area (TPSA) is 55.7 Å². The molecule has 1 heterocycles. The van der Waals surface area contributed by atoms with E-state index in [0.29, 0.717) is 0 Å². The number of tetrazole rings is 1. The van der Waals surface area contributed by atoms with Gasteiger partial charge in [-0.05, 0) is 6.26 Å². The third-order valence-corrected chi connectivity index (χ3v) is 1.12. The molecule has 0 aromatic carbocycles. The van der Waals surface area contributed by atoms with Gasteiger partial charge in [0.1, 0.15) is 5.10 Å². The molecule has 5 heteroatoms. The van der Waals surface area contributed by atoms with Crippen molar-refractivity contribution >= 4 is 11.8 Å². The monoisotopic (exact) mass is 117 g/mol. The Morgan fingerprint density at radius 3 is 3.00 bits per heavy atom. The summed E-state index contributed by atoms with van der Waals surface area (Å²) in [5.41, 5.74) is 0. The van der Waals surface area contributed by atoms with Gasteiger partial charge in [-0.1, -0.05) is 17.0 Å². The van der Waals surface area contributed by atoms with Gasteiger partial charge in [-0.3, -0.25) is 0 Å². The molecule has 0 aliphatic heterocycles. The SMILES string of the molecule is CSc1nn[nH][nH+]1. The Balaban J connectivity index is 2.76. The number of nitrogens with one attached hydrogen (secondary N) is 2. The number of hydrogen-bond donors (Lipinski definition) is 1. The molecule has 0 amide bonds. The number of hydrogen-bond acceptors (Lipinski definition) is 3. The van der Waals surface area contributed by atoms with Gasteiger partial charge in [0.25, 0.3) is 0 Å².